The Morgan fingerprint density at radius 1 is 0.872 bits per heavy atom. The summed E-state index contributed by atoms with van der Waals surface area (Å²) in [7, 11) is 1.41. The Hall–Kier alpha value is -4.73. The first-order valence-electron chi connectivity index (χ1n) is 12.1. The van der Waals surface area contributed by atoms with Crippen LogP contribution in [0.2, 0.25) is 0 Å². The predicted octanol–water partition coefficient (Wildman–Crippen LogP) is 5.87. The highest BCUT2D eigenvalue weighted by atomic mass is 19.1. The number of hydrogen-bond donors (Lipinski definition) is 3. The Bertz CT molecular complexity index is 1590. The Morgan fingerprint density at radius 3 is 2.15 bits per heavy atom. The summed E-state index contributed by atoms with van der Waals surface area (Å²) >= 11 is 0. The van der Waals surface area contributed by atoms with Crippen LogP contribution in [0.5, 0.6) is 23.0 Å². The third-order valence-corrected chi connectivity index (χ3v) is 6.93. The number of phenolic OH excluding ortho intramolecular Hbond substituents is 1. The molecule has 1 heterocycles. The van der Waals surface area contributed by atoms with Gasteiger partial charge in [-0.05, 0) is 53.9 Å². The van der Waals surface area contributed by atoms with Crippen molar-refractivity contribution < 1.29 is 33.0 Å². The van der Waals surface area contributed by atoms with Crippen LogP contribution < -0.4 is 20.1 Å². The van der Waals surface area contributed by atoms with Crippen molar-refractivity contribution in [3.05, 3.63) is 78.5 Å². The van der Waals surface area contributed by atoms with Gasteiger partial charge in [0.15, 0.2) is 23.1 Å². The zero-order valence-corrected chi connectivity index (χ0v) is 21.3. The molecular weight excluding hydrogens is 508 g/mol. The third-order valence-electron chi connectivity index (χ3n) is 6.93. The molecule has 3 N–H and O–H groups in total. The fourth-order valence-electron chi connectivity index (χ4n) is 4.76. The Labute approximate surface area is 222 Å². The Morgan fingerprint density at radius 2 is 1.51 bits per heavy atom. The van der Waals surface area contributed by atoms with E-state index in [1.165, 1.54) is 55.8 Å². The molecule has 1 aliphatic rings. The Balaban J connectivity index is 1.28. The molecule has 1 aromatic heterocycles. The monoisotopic (exact) mass is 533 g/mol. The van der Waals surface area contributed by atoms with E-state index in [1.807, 2.05) is 0 Å². The summed E-state index contributed by atoms with van der Waals surface area (Å²) in [6.45, 7) is 3.61. The number of aromatic hydroxyl groups is 1. The highest BCUT2D eigenvalue weighted by Gasteiger charge is 2.65. The van der Waals surface area contributed by atoms with Crippen LogP contribution in [-0.2, 0) is 9.59 Å². The van der Waals surface area contributed by atoms with Gasteiger partial charge in [0.05, 0.1) is 24.5 Å². The smallest absolute Gasteiger partial charge is 0.228 e. The molecule has 0 saturated heterocycles. The number of ether oxygens (including phenoxy) is 2. The molecule has 0 spiro atoms. The summed E-state index contributed by atoms with van der Waals surface area (Å²) < 4.78 is 39.1. The lowest BCUT2D eigenvalue weighted by atomic mass is 10.1. The molecule has 4 aromatic rings. The van der Waals surface area contributed by atoms with Gasteiger partial charge < -0.3 is 25.2 Å². The minimum Gasteiger partial charge on any atom is -0.504 e. The van der Waals surface area contributed by atoms with Crippen LogP contribution in [0.25, 0.3) is 10.9 Å². The summed E-state index contributed by atoms with van der Waals surface area (Å²) in [5.41, 5.74) is 0.447. The summed E-state index contributed by atoms with van der Waals surface area (Å²) in [6.07, 6.45) is 1.47. The van der Waals surface area contributed by atoms with Crippen LogP contribution >= 0.6 is 0 Å². The lowest BCUT2D eigenvalue weighted by Crippen LogP contribution is -2.20. The highest BCUT2D eigenvalue weighted by molar-refractivity contribution is 6.04. The van der Waals surface area contributed by atoms with E-state index >= 15 is 0 Å². The van der Waals surface area contributed by atoms with Crippen LogP contribution in [0, 0.1) is 28.9 Å². The molecule has 0 bridgehead atoms. The van der Waals surface area contributed by atoms with Crippen LogP contribution in [0.4, 0.5) is 20.2 Å². The quantitative estimate of drug-likeness (QED) is 0.274. The minimum atomic E-state index is -0.718. The lowest BCUT2D eigenvalue weighted by Gasteiger charge is -2.12. The average molecular weight is 534 g/mol. The second-order valence-electron chi connectivity index (χ2n) is 9.86. The molecule has 1 fully saturated rings. The fraction of sp³-hybridized carbons (Fsp3) is 0.207. The number of carbonyl (C=O) groups excluding carboxylic acids is 2. The number of nitrogens with one attached hydrogen (secondary N) is 2. The number of benzene rings is 3. The first-order chi connectivity index (χ1) is 18.6. The largest absolute Gasteiger partial charge is 0.504 e. The van der Waals surface area contributed by atoms with Gasteiger partial charge in [-0.2, -0.15) is 0 Å². The zero-order chi connectivity index (χ0) is 27.9. The second-order valence-corrected chi connectivity index (χ2v) is 9.86. The maximum Gasteiger partial charge on any atom is 0.228 e. The number of carbonyl (C=O) groups is 2. The van der Waals surface area contributed by atoms with Crippen molar-refractivity contribution in [2.45, 2.75) is 13.8 Å². The van der Waals surface area contributed by atoms with E-state index in [9.17, 15) is 23.5 Å². The molecule has 0 unspecified atom stereocenters. The molecule has 1 aliphatic carbocycles. The lowest BCUT2D eigenvalue weighted by molar-refractivity contribution is -0.122. The van der Waals surface area contributed by atoms with Crippen molar-refractivity contribution in [1.29, 1.82) is 0 Å². The number of aromatic nitrogens is 1. The van der Waals surface area contributed by atoms with Crippen molar-refractivity contribution in [3.8, 4) is 23.0 Å². The van der Waals surface area contributed by atoms with Gasteiger partial charge >= 0.3 is 0 Å². The van der Waals surface area contributed by atoms with Crippen molar-refractivity contribution in [2.24, 2.45) is 17.3 Å². The van der Waals surface area contributed by atoms with E-state index in [-0.39, 0.29) is 28.8 Å². The number of anilines is 2. The molecule has 0 aliphatic heterocycles. The topological polar surface area (TPSA) is 110 Å². The van der Waals surface area contributed by atoms with Gasteiger partial charge in [-0.1, -0.05) is 13.8 Å². The van der Waals surface area contributed by atoms with Crippen LogP contribution in [0.3, 0.4) is 0 Å². The molecular formula is C29H25F2N3O5. The standard InChI is InChI=1S/C29H25F2N3O5/c1-29(2)25(27(36)33-16-6-4-15(30)5-7-16)26(29)28(37)34-17-8-9-23(19(31)12-17)39-22-10-11-32-20-14-21(35)24(38-3)13-18(20)22/h4-14,25-26,35H,1-3H3,(H,33,36)(H,34,37)/t25-,26+/m0/s1. The fourth-order valence-corrected chi connectivity index (χ4v) is 4.76. The maximum absolute atomic E-state index is 15.0. The van der Waals surface area contributed by atoms with Gasteiger partial charge in [0.25, 0.3) is 0 Å². The first kappa shape index (κ1) is 25.9. The molecule has 39 heavy (non-hydrogen) atoms. The molecule has 10 heteroatoms. The molecule has 2 atom stereocenters. The number of amides is 2. The van der Waals surface area contributed by atoms with Crippen LogP contribution in [-0.4, -0.2) is 29.0 Å². The summed E-state index contributed by atoms with van der Waals surface area (Å²) in [5.74, 6) is -2.81. The molecule has 0 radical (unpaired) electrons. The number of halogens is 2. The van der Waals surface area contributed by atoms with E-state index < -0.39 is 34.8 Å². The van der Waals surface area contributed by atoms with Gasteiger partial charge in [0.2, 0.25) is 11.8 Å². The highest BCUT2D eigenvalue weighted by Crippen LogP contribution is 2.59. The van der Waals surface area contributed by atoms with Crippen molar-refractivity contribution in [1.82, 2.24) is 4.98 Å². The number of nitrogens with zero attached hydrogens (tertiary/aromatic N) is 1. The first-order valence-corrected chi connectivity index (χ1v) is 12.1. The van der Waals surface area contributed by atoms with E-state index in [0.29, 0.717) is 22.3 Å². The van der Waals surface area contributed by atoms with Gasteiger partial charge in [-0.3, -0.25) is 14.6 Å². The van der Waals surface area contributed by atoms with Crippen LogP contribution in [0.1, 0.15) is 13.8 Å². The number of rotatable bonds is 7. The van der Waals surface area contributed by atoms with Gasteiger partial charge in [0.1, 0.15) is 11.6 Å². The maximum atomic E-state index is 15.0. The number of methoxy groups -OCH3 is 1. The van der Waals surface area contributed by atoms with Crippen molar-refractivity contribution in [2.75, 3.05) is 17.7 Å². The molecule has 2 amide bonds. The minimum absolute atomic E-state index is 0.0872. The summed E-state index contributed by atoms with van der Waals surface area (Å²) in [5, 5.41) is 15.9. The zero-order valence-electron chi connectivity index (χ0n) is 21.3. The molecule has 1 saturated carbocycles. The SMILES string of the molecule is COc1cc2c(Oc3ccc(NC(=O)[C@H]4[C@@H](C(=O)Nc5ccc(F)cc5)C4(C)C)cc3F)ccnc2cc1O. The normalized spacial score (nSPS) is 17.4. The number of fused-ring (bicyclic) bond motifs is 1. The van der Waals surface area contributed by atoms with Crippen molar-refractivity contribution in [3.63, 3.8) is 0 Å². The molecule has 8 nitrogen and oxygen atoms in total. The van der Waals surface area contributed by atoms with E-state index in [2.05, 4.69) is 15.6 Å². The van der Waals surface area contributed by atoms with Crippen molar-refractivity contribution >= 4 is 34.1 Å². The predicted molar refractivity (Wildman–Crippen MR) is 141 cm³/mol. The van der Waals surface area contributed by atoms with Gasteiger partial charge in [-0.25, -0.2) is 8.78 Å². The van der Waals surface area contributed by atoms with E-state index in [4.69, 9.17) is 9.47 Å². The van der Waals surface area contributed by atoms with E-state index in [1.54, 1.807) is 26.0 Å². The van der Waals surface area contributed by atoms with Gasteiger partial charge in [0, 0.05) is 35.1 Å². The Kier molecular flexibility index (Phi) is 6.55. The third kappa shape index (κ3) is 5.05. The molecule has 200 valence electrons. The van der Waals surface area contributed by atoms with Crippen LogP contribution in [0.15, 0.2) is 66.9 Å². The number of pyridine rings is 1. The van der Waals surface area contributed by atoms with Gasteiger partial charge in [-0.15, -0.1) is 0 Å². The summed E-state index contributed by atoms with van der Waals surface area (Å²) in [6, 6.07) is 13.9. The number of hydrogen-bond acceptors (Lipinski definition) is 6. The summed E-state index contributed by atoms with van der Waals surface area (Å²) in [4.78, 5) is 30.0. The molecule has 5 rings (SSSR count). The number of phenols is 1. The second kappa shape index (κ2) is 9.86. The molecule has 3 aromatic carbocycles. The average Bonchev–Trinajstić information content (AvgIpc) is 3.48. The van der Waals surface area contributed by atoms with E-state index in [0.717, 1.165) is 6.07 Å².